The van der Waals surface area contributed by atoms with Crippen LogP contribution in [0.1, 0.15) is 30.0 Å². The van der Waals surface area contributed by atoms with Crippen LogP contribution in [0.3, 0.4) is 0 Å². The summed E-state index contributed by atoms with van der Waals surface area (Å²) in [7, 11) is 0. The Morgan fingerprint density at radius 2 is 1.91 bits per heavy atom. The normalized spacial score (nSPS) is 24.7. The zero-order valence-corrected chi connectivity index (χ0v) is 13.2. The van der Waals surface area contributed by atoms with E-state index in [-0.39, 0.29) is 0 Å². The molecule has 22 heavy (non-hydrogen) atoms. The molecule has 4 heteroatoms. The third kappa shape index (κ3) is 2.87. The molecule has 3 heterocycles. The van der Waals surface area contributed by atoms with Crippen molar-refractivity contribution in [2.24, 2.45) is 5.92 Å². The van der Waals surface area contributed by atoms with Crippen molar-refractivity contribution in [3.05, 3.63) is 29.3 Å². The molecule has 4 nitrogen and oxygen atoms in total. The summed E-state index contributed by atoms with van der Waals surface area (Å²) >= 11 is 0. The Kier molecular flexibility index (Phi) is 4.33. The van der Waals surface area contributed by atoms with Crippen LogP contribution in [0.25, 0.3) is 0 Å². The van der Waals surface area contributed by atoms with E-state index < -0.39 is 0 Å². The Hall–Kier alpha value is -1.10. The molecule has 4 rings (SSSR count). The number of nitrogens with zero attached hydrogens (tertiary/aromatic N) is 1. The number of rotatable bonds is 3. The minimum atomic E-state index is 0.539. The fourth-order valence-corrected chi connectivity index (χ4v) is 4.16. The van der Waals surface area contributed by atoms with Gasteiger partial charge in [0.2, 0.25) is 0 Å². The minimum Gasteiger partial charge on any atom is -0.493 e. The Balaban J connectivity index is 1.63. The first-order chi connectivity index (χ1) is 10.9. The maximum Gasteiger partial charge on any atom is 0.122 e. The van der Waals surface area contributed by atoms with Crippen LogP contribution in [0.4, 0.5) is 0 Å². The molecule has 1 N–H and O–H groups in total. The number of ether oxygens (including phenoxy) is 2. The van der Waals surface area contributed by atoms with E-state index in [1.165, 1.54) is 24.0 Å². The zero-order valence-electron chi connectivity index (χ0n) is 13.2. The first-order valence-corrected chi connectivity index (χ1v) is 8.70. The molecule has 0 saturated carbocycles. The van der Waals surface area contributed by atoms with Gasteiger partial charge in [0.1, 0.15) is 5.75 Å². The van der Waals surface area contributed by atoms with Gasteiger partial charge in [-0.3, -0.25) is 4.90 Å². The van der Waals surface area contributed by atoms with Crippen LogP contribution in [-0.4, -0.2) is 50.9 Å². The molecule has 1 aromatic rings. The van der Waals surface area contributed by atoms with Crippen LogP contribution >= 0.6 is 0 Å². The van der Waals surface area contributed by atoms with E-state index in [2.05, 4.69) is 28.4 Å². The maximum absolute atomic E-state index is 5.68. The van der Waals surface area contributed by atoms with Crippen molar-refractivity contribution in [1.29, 1.82) is 0 Å². The fourth-order valence-electron chi connectivity index (χ4n) is 4.16. The molecular weight excluding hydrogens is 276 g/mol. The Morgan fingerprint density at radius 1 is 1.09 bits per heavy atom. The molecule has 0 radical (unpaired) electrons. The number of hydrogen-bond donors (Lipinski definition) is 1. The number of nitrogens with one attached hydrogen (secondary N) is 1. The molecule has 0 aliphatic carbocycles. The molecule has 3 aliphatic rings. The Morgan fingerprint density at radius 3 is 2.73 bits per heavy atom. The first kappa shape index (κ1) is 14.5. The van der Waals surface area contributed by atoms with Gasteiger partial charge >= 0.3 is 0 Å². The summed E-state index contributed by atoms with van der Waals surface area (Å²) in [6, 6.07) is 7.43. The average molecular weight is 302 g/mol. The van der Waals surface area contributed by atoms with Gasteiger partial charge in [0.15, 0.2) is 0 Å². The molecule has 0 unspecified atom stereocenters. The van der Waals surface area contributed by atoms with E-state index in [9.17, 15) is 0 Å². The van der Waals surface area contributed by atoms with Gasteiger partial charge < -0.3 is 14.8 Å². The topological polar surface area (TPSA) is 33.7 Å². The highest BCUT2D eigenvalue weighted by molar-refractivity contribution is 5.41. The zero-order chi connectivity index (χ0) is 14.8. The molecule has 1 atom stereocenters. The van der Waals surface area contributed by atoms with Crippen molar-refractivity contribution >= 4 is 0 Å². The van der Waals surface area contributed by atoms with Crippen molar-refractivity contribution < 1.29 is 9.47 Å². The number of fused-ring (bicyclic) bond motifs is 1. The van der Waals surface area contributed by atoms with Gasteiger partial charge in [0.05, 0.1) is 6.61 Å². The molecule has 0 spiro atoms. The second kappa shape index (κ2) is 6.57. The second-order valence-corrected chi connectivity index (χ2v) is 6.65. The van der Waals surface area contributed by atoms with Gasteiger partial charge in [0, 0.05) is 51.9 Å². The average Bonchev–Trinajstić information content (AvgIpc) is 3.05. The predicted octanol–water partition coefficient (Wildman–Crippen LogP) is 1.99. The molecule has 120 valence electrons. The van der Waals surface area contributed by atoms with Gasteiger partial charge in [-0.1, -0.05) is 12.1 Å². The predicted molar refractivity (Wildman–Crippen MR) is 86.4 cm³/mol. The van der Waals surface area contributed by atoms with E-state index in [0.29, 0.717) is 12.0 Å². The molecule has 0 aromatic heterocycles. The smallest absolute Gasteiger partial charge is 0.122 e. The van der Waals surface area contributed by atoms with Crippen LogP contribution < -0.4 is 10.1 Å². The molecule has 1 aromatic carbocycles. The van der Waals surface area contributed by atoms with Crippen molar-refractivity contribution in [2.45, 2.75) is 25.3 Å². The SMILES string of the molecule is c1cc2c(cc1[C@@H](C1CCOCC1)N1CCNCC1)CCO2. The molecule has 3 aliphatic heterocycles. The Labute approximate surface area is 132 Å². The number of benzene rings is 1. The molecule has 2 saturated heterocycles. The summed E-state index contributed by atoms with van der Waals surface area (Å²) in [4.78, 5) is 2.68. The standard InChI is InChI=1S/C18H26N2O2/c1-2-17-15(5-12-22-17)13-16(1)18(14-3-10-21-11-4-14)20-8-6-19-7-9-20/h1-2,13-14,18-19H,3-12H2/t18-/m1/s1. The van der Waals surface area contributed by atoms with Gasteiger partial charge in [-0.05, 0) is 36.0 Å². The third-order valence-corrected chi connectivity index (χ3v) is 5.31. The van der Waals surface area contributed by atoms with E-state index >= 15 is 0 Å². The molecule has 0 bridgehead atoms. The fraction of sp³-hybridized carbons (Fsp3) is 0.667. The van der Waals surface area contributed by atoms with Crippen molar-refractivity contribution in [3.8, 4) is 5.75 Å². The van der Waals surface area contributed by atoms with Gasteiger partial charge in [0.25, 0.3) is 0 Å². The summed E-state index contributed by atoms with van der Waals surface area (Å²) in [5, 5.41) is 3.48. The summed E-state index contributed by atoms with van der Waals surface area (Å²) in [6.45, 7) is 7.18. The quantitative estimate of drug-likeness (QED) is 0.926. The largest absolute Gasteiger partial charge is 0.493 e. The maximum atomic E-state index is 5.68. The van der Waals surface area contributed by atoms with Crippen LogP contribution in [0.2, 0.25) is 0 Å². The van der Waals surface area contributed by atoms with Gasteiger partial charge in [-0.25, -0.2) is 0 Å². The summed E-state index contributed by atoms with van der Waals surface area (Å²) < 4.78 is 11.3. The first-order valence-electron chi connectivity index (χ1n) is 8.70. The highest BCUT2D eigenvalue weighted by atomic mass is 16.5. The van der Waals surface area contributed by atoms with Crippen LogP contribution in [0.15, 0.2) is 18.2 Å². The van der Waals surface area contributed by atoms with Crippen molar-refractivity contribution in [3.63, 3.8) is 0 Å². The lowest BCUT2D eigenvalue weighted by Gasteiger charge is -2.41. The van der Waals surface area contributed by atoms with E-state index in [0.717, 1.165) is 58.2 Å². The molecule has 0 amide bonds. The lowest BCUT2D eigenvalue weighted by Crippen LogP contribution is -2.47. The number of piperazine rings is 1. The minimum absolute atomic E-state index is 0.539. The highest BCUT2D eigenvalue weighted by Crippen LogP contribution is 2.38. The lowest BCUT2D eigenvalue weighted by molar-refractivity contribution is 0.0213. The molecule has 2 fully saturated rings. The summed E-state index contributed by atoms with van der Waals surface area (Å²) in [5.41, 5.74) is 2.88. The third-order valence-electron chi connectivity index (χ3n) is 5.31. The second-order valence-electron chi connectivity index (χ2n) is 6.65. The van der Waals surface area contributed by atoms with Crippen LogP contribution in [-0.2, 0) is 11.2 Å². The van der Waals surface area contributed by atoms with Crippen molar-refractivity contribution in [2.75, 3.05) is 46.0 Å². The van der Waals surface area contributed by atoms with E-state index in [1.807, 2.05) is 0 Å². The number of hydrogen-bond acceptors (Lipinski definition) is 4. The van der Waals surface area contributed by atoms with E-state index in [1.54, 1.807) is 0 Å². The molecular formula is C18H26N2O2. The van der Waals surface area contributed by atoms with Gasteiger partial charge in [-0.2, -0.15) is 0 Å². The van der Waals surface area contributed by atoms with Crippen LogP contribution in [0, 0.1) is 5.92 Å². The lowest BCUT2D eigenvalue weighted by atomic mass is 9.85. The van der Waals surface area contributed by atoms with E-state index in [4.69, 9.17) is 9.47 Å². The van der Waals surface area contributed by atoms with Crippen molar-refractivity contribution in [1.82, 2.24) is 10.2 Å². The van der Waals surface area contributed by atoms with Gasteiger partial charge in [-0.15, -0.1) is 0 Å². The Bertz CT molecular complexity index is 490. The monoisotopic (exact) mass is 302 g/mol. The van der Waals surface area contributed by atoms with Crippen LogP contribution in [0.5, 0.6) is 5.75 Å². The summed E-state index contributed by atoms with van der Waals surface area (Å²) in [5.74, 6) is 1.81. The summed E-state index contributed by atoms with van der Waals surface area (Å²) in [6.07, 6.45) is 3.43. The highest BCUT2D eigenvalue weighted by Gasteiger charge is 2.31.